The second-order valence-corrected chi connectivity index (χ2v) is 13.9. The highest BCUT2D eigenvalue weighted by Gasteiger charge is 2.55. The highest BCUT2D eigenvalue weighted by atomic mass is 16.7. The Morgan fingerprint density at radius 3 is 2.36 bits per heavy atom. The SMILES string of the molecule is C=C/C=C(\C)C1(C(NC(=O)OCc2ccccc2)C2CCCC(C3OCCCO3)C2)CC(C)(C)CC(C)(C)C1. The second-order valence-electron chi connectivity index (χ2n) is 13.9. The van der Waals surface area contributed by atoms with Crippen molar-refractivity contribution in [2.75, 3.05) is 13.2 Å². The number of carbonyl (C=O) groups is 1. The van der Waals surface area contributed by atoms with Gasteiger partial charge in [-0.15, -0.1) is 0 Å². The summed E-state index contributed by atoms with van der Waals surface area (Å²) < 4.78 is 18.0. The van der Waals surface area contributed by atoms with Gasteiger partial charge in [0.15, 0.2) is 6.29 Å². The van der Waals surface area contributed by atoms with E-state index in [0.29, 0.717) is 11.8 Å². The first-order chi connectivity index (χ1) is 18.5. The maximum atomic E-state index is 13.5. The van der Waals surface area contributed by atoms with Gasteiger partial charge in [0.2, 0.25) is 0 Å². The van der Waals surface area contributed by atoms with E-state index in [1.165, 1.54) is 5.57 Å². The van der Waals surface area contributed by atoms with Crippen molar-refractivity contribution in [3.63, 3.8) is 0 Å². The average Bonchev–Trinajstić information content (AvgIpc) is 2.90. The van der Waals surface area contributed by atoms with Crippen molar-refractivity contribution in [2.24, 2.45) is 28.1 Å². The fourth-order valence-electron chi connectivity index (χ4n) is 8.47. The summed E-state index contributed by atoms with van der Waals surface area (Å²) in [6.45, 7) is 17.7. The van der Waals surface area contributed by atoms with Crippen molar-refractivity contribution in [1.82, 2.24) is 5.32 Å². The van der Waals surface area contributed by atoms with Gasteiger partial charge in [-0.3, -0.25) is 0 Å². The number of hydrogen-bond donors (Lipinski definition) is 1. The highest BCUT2D eigenvalue weighted by Crippen LogP contribution is 2.60. The van der Waals surface area contributed by atoms with E-state index in [0.717, 1.165) is 70.1 Å². The number of benzene rings is 1. The molecule has 39 heavy (non-hydrogen) atoms. The van der Waals surface area contributed by atoms with Crippen LogP contribution in [0.25, 0.3) is 0 Å². The predicted molar refractivity (Wildman–Crippen MR) is 157 cm³/mol. The average molecular weight is 538 g/mol. The zero-order valence-corrected chi connectivity index (χ0v) is 25.0. The molecule has 2 aliphatic carbocycles. The molecule has 3 fully saturated rings. The van der Waals surface area contributed by atoms with Crippen molar-refractivity contribution in [3.8, 4) is 0 Å². The van der Waals surface area contributed by atoms with Gasteiger partial charge in [-0.05, 0) is 74.2 Å². The molecule has 1 saturated heterocycles. The minimum Gasteiger partial charge on any atom is -0.445 e. The van der Waals surface area contributed by atoms with Crippen LogP contribution in [0.5, 0.6) is 0 Å². The first-order valence-electron chi connectivity index (χ1n) is 15.0. The molecule has 4 rings (SSSR count). The maximum Gasteiger partial charge on any atom is 0.407 e. The van der Waals surface area contributed by atoms with Crippen molar-refractivity contribution in [2.45, 2.75) is 105 Å². The summed E-state index contributed by atoms with van der Waals surface area (Å²) in [5.74, 6) is 0.652. The van der Waals surface area contributed by atoms with E-state index >= 15 is 0 Å². The van der Waals surface area contributed by atoms with Crippen LogP contribution in [0.3, 0.4) is 0 Å². The molecule has 1 amide bonds. The van der Waals surface area contributed by atoms with Crippen molar-refractivity contribution < 1.29 is 19.0 Å². The summed E-state index contributed by atoms with van der Waals surface area (Å²) in [6.07, 6.45) is 12.1. The summed E-state index contributed by atoms with van der Waals surface area (Å²) in [7, 11) is 0. The molecule has 1 aliphatic heterocycles. The Balaban J connectivity index is 1.67. The number of allylic oxidation sites excluding steroid dienone is 2. The number of alkyl carbamates (subject to hydrolysis) is 1. The van der Waals surface area contributed by atoms with Gasteiger partial charge >= 0.3 is 6.09 Å². The lowest BCUT2D eigenvalue weighted by molar-refractivity contribution is -0.212. The third-order valence-corrected chi connectivity index (χ3v) is 9.24. The topological polar surface area (TPSA) is 56.8 Å². The van der Waals surface area contributed by atoms with Crippen LogP contribution in [0.1, 0.15) is 91.5 Å². The monoisotopic (exact) mass is 537 g/mol. The molecule has 3 unspecified atom stereocenters. The standard InChI is InChI=1S/C34H51NO4/c1-7-13-25(2)34(23-32(3,4)22-33(5,6)24-34)29(35-31(36)39-21-26-14-9-8-10-15-26)27-16-11-17-28(20-27)30-37-18-12-19-38-30/h7-10,13-15,27-30H,1,11-12,16-24H2,2-6H3,(H,35,36)/b25-13+. The lowest BCUT2D eigenvalue weighted by atomic mass is 9.49. The summed E-state index contributed by atoms with van der Waals surface area (Å²) in [5, 5.41) is 3.49. The number of ether oxygens (including phenoxy) is 3. The van der Waals surface area contributed by atoms with E-state index in [9.17, 15) is 4.79 Å². The van der Waals surface area contributed by atoms with Crippen LogP contribution in [0, 0.1) is 28.1 Å². The molecule has 0 aromatic heterocycles. The molecular weight excluding hydrogens is 486 g/mol. The number of nitrogens with one attached hydrogen (secondary N) is 1. The van der Waals surface area contributed by atoms with Gasteiger partial charge in [0.25, 0.3) is 0 Å². The predicted octanol–water partition coefficient (Wildman–Crippen LogP) is 8.21. The molecule has 216 valence electrons. The van der Waals surface area contributed by atoms with Gasteiger partial charge in [0.1, 0.15) is 6.61 Å². The summed E-state index contributed by atoms with van der Waals surface area (Å²) in [5.41, 5.74) is 2.36. The molecule has 1 heterocycles. The summed E-state index contributed by atoms with van der Waals surface area (Å²) in [6, 6.07) is 9.85. The molecule has 2 saturated carbocycles. The minimum atomic E-state index is -0.330. The fraction of sp³-hybridized carbons (Fsp3) is 0.676. The van der Waals surface area contributed by atoms with Gasteiger partial charge in [-0.2, -0.15) is 0 Å². The van der Waals surface area contributed by atoms with Gasteiger partial charge < -0.3 is 19.5 Å². The third-order valence-electron chi connectivity index (χ3n) is 9.24. The molecule has 3 atom stereocenters. The molecule has 0 radical (unpaired) electrons. The highest BCUT2D eigenvalue weighted by molar-refractivity contribution is 5.68. The van der Waals surface area contributed by atoms with Gasteiger partial charge in [0.05, 0.1) is 13.2 Å². The Morgan fingerprint density at radius 2 is 1.72 bits per heavy atom. The summed E-state index contributed by atoms with van der Waals surface area (Å²) in [4.78, 5) is 13.5. The van der Waals surface area contributed by atoms with E-state index < -0.39 is 0 Å². The van der Waals surface area contributed by atoms with Gasteiger partial charge in [0, 0.05) is 17.4 Å². The van der Waals surface area contributed by atoms with Crippen molar-refractivity contribution >= 4 is 6.09 Å². The van der Waals surface area contributed by atoms with Gasteiger partial charge in [-0.25, -0.2) is 4.79 Å². The molecule has 0 spiro atoms. The van der Waals surface area contributed by atoms with Crippen LogP contribution in [0.4, 0.5) is 4.79 Å². The Kier molecular flexibility index (Phi) is 9.65. The normalized spacial score (nSPS) is 27.8. The molecule has 5 heteroatoms. The molecule has 1 N–H and O–H groups in total. The van der Waals surface area contributed by atoms with Crippen LogP contribution in [0.2, 0.25) is 0 Å². The van der Waals surface area contributed by atoms with Crippen LogP contribution >= 0.6 is 0 Å². The van der Waals surface area contributed by atoms with Crippen LogP contribution in [0.15, 0.2) is 54.6 Å². The van der Waals surface area contributed by atoms with E-state index in [-0.39, 0.29) is 41.3 Å². The Morgan fingerprint density at radius 1 is 1.05 bits per heavy atom. The van der Waals surface area contributed by atoms with E-state index in [1.54, 1.807) is 0 Å². The zero-order chi connectivity index (χ0) is 28.1. The van der Waals surface area contributed by atoms with Crippen LogP contribution in [-0.2, 0) is 20.8 Å². The van der Waals surface area contributed by atoms with Crippen molar-refractivity contribution in [1.29, 1.82) is 0 Å². The molecule has 0 bridgehead atoms. The quantitative estimate of drug-likeness (QED) is 0.340. The Hall–Kier alpha value is -2.11. The van der Waals surface area contributed by atoms with Gasteiger partial charge in [-0.1, -0.05) is 88.8 Å². The molecule has 3 aliphatic rings. The molecule has 1 aromatic carbocycles. The third kappa shape index (κ3) is 7.55. The molecular formula is C34H51NO4. The number of rotatable bonds is 8. The lowest BCUT2D eigenvalue weighted by Crippen LogP contribution is -2.58. The smallest absolute Gasteiger partial charge is 0.407 e. The van der Waals surface area contributed by atoms with E-state index in [1.807, 2.05) is 36.4 Å². The zero-order valence-electron chi connectivity index (χ0n) is 25.0. The van der Waals surface area contributed by atoms with Crippen molar-refractivity contribution in [3.05, 3.63) is 60.2 Å². The number of hydrogen-bond acceptors (Lipinski definition) is 4. The van der Waals surface area contributed by atoms with E-state index in [4.69, 9.17) is 14.2 Å². The number of carbonyl (C=O) groups excluding carboxylic acids is 1. The molecule has 5 nitrogen and oxygen atoms in total. The Labute approximate surface area is 236 Å². The second kappa shape index (κ2) is 12.6. The van der Waals surface area contributed by atoms with Crippen LogP contribution in [-0.4, -0.2) is 31.6 Å². The molecule has 1 aromatic rings. The summed E-state index contributed by atoms with van der Waals surface area (Å²) >= 11 is 0. The van der Waals surface area contributed by atoms with Crippen LogP contribution < -0.4 is 5.32 Å². The number of amides is 1. The Bertz CT molecular complexity index is 976. The largest absolute Gasteiger partial charge is 0.445 e. The van der Waals surface area contributed by atoms with E-state index in [2.05, 4.69) is 52.6 Å². The first-order valence-corrected chi connectivity index (χ1v) is 15.0. The fourth-order valence-corrected chi connectivity index (χ4v) is 8.47. The lowest BCUT2D eigenvalue weighted by Gasteiger charge is -2.58. The minimum absolute atomic E-state index is 0.0535. The maximum absolute atomic E-state index is 13.5. The first kappa shape index (κ1) is 29.9.